The Morgan fingerprint density at radius 1 is 1.12 bits per heavy atom. The fourth-order valence-electron chi connectivity index (χ4n) is 2.92. The lowest BCUT2D eigenvalue weighted by Crippen LogP contribution is -2.70. The number of hydrogen-bond acceptors (Lipinski definition) is 5. The van der Waals surface area contributed by atoms with Crippen LogP contribution in [-0.2, 0) is 14.3 Å². The molecule has 1 aliphatic rings. The Morgan fingerprint density at radius 3 is 2.15 bits per heavy atom. The van der Waals surface area contributed by atoms with E-state index in [0.29, 0.717) is 17.7 Å². The molecule has 0 unspecified atom stereocenters. The van der Waals surface area contributed by atoms with Crippen molar-refractivity contribution in [3.63, 3.8) is 0 Å². The van der Waals surface area contributed by atoms with Crippen LogP contribution in [0.4, 0.5) is 11.4 Å². The van der Waals surface area contributed by atoms with E-state index in [0.717, 1.165) is 16.2 Å². The molecule has 1 aliphatic heterocycles. The van der Waals surface area contributed by atoms with Gasteiger partial charge in [0.25, 0.3) is 5.91 Å². The van der Waals surface area contributed by atoms with E-state index in [1.54, 1.807) is 43.4 Å². The number of rotatable bonds is 5. The quantitative estimate of drug-likeness (QED) is 0.774. The largest absolute Gasteiger partial charge is 0.375 e. The van der Waals surface area contributed by atoms with E-state index in [9.17, 15) is 9.59 Å². The van der Waals surface area contributed by atoms with Crippen molar-refractivity contribution >= 4 is 23.7 Å². The van der Waals surface area contributed by atoms with Crippen LogP contribution in [0.15, 0.2) is 48.5 Å². The Kier molecular flexibility index (Phi) is 4.74. The second-order valence-corrected chi connectivity index (χ2v) is 6.36. The van der Waals surface area contributed by atoms with Crippen molar-refractivity contribution in [2.75, 3.05) is 30.1 Å². The van der Waals surface area contributed by atoms with E-state index in [1.807, 2.05) is 24.0 Å². The maximum atomic E-state index is 13.2. The van der Waals surface area contributed by atoms with E-state index >= 15 is 0 Å². The van der Waals surface area contributed by atoms with E-state index in [2.05, 4.69) is 6.07 Å². The van der Waals surface area contributed by atoms with Gasteiger partial charge in [0.15, 0.2) is 5.54 Å². The number of ether oxygens (including phenoxy) is 1. The molecule has 2 aromatic rings. The first-order chi connectivity index (χ1) is 12.5. The van der Waals surface area contributed by atoms with E-state index in [1.165, 1.54) is 0 Å². The van der Waals surface area contributed by atoms with Crippen LogP contribution in [0.3, 0.4) is 0 Å². The number of likely N-dealkylation sites (N-methyl/N-ethyl adjacent to an activating group) is 1. The Balaban J connectivity index is 1.92. The average molecular weight is 349 g/mol. The fraction of sp³-hybridized carbons (Fsp3) is 0.250. The molecule has 3 rings (SSSR count). The first-order valence-electron chi connectivity index (χ1n) is 8.19. The number of imide groups is 1. The highest BCUT2D eigenvalue weighted by Crippen LogP contribution is 2.32. The van der Waals surface area contributed by atoms with Crippen molar-refractivity contribution in [1.29, 1.82) is 5.26 Å². The summed E-state index contributed by atoms with van der Waals surface area (Å²) in [5.74, 6) is -0.338. The van der Waals surface area contributed by atoms with Gasteiger partial charge in [0.1, 0.15) is 0 Å². The second-order valence-electron chi connectivity index (χ2n) is 6.36. The fourth-order valence-corrected chi connectivity index (χ4v) is 2.92. The van der Waals surface area contributed by atoms with Gasteiger partial charge in [-0.25, -0.2) is 0 Å². The molecule has 132 valence electrons. The van der Waals surface area contributed by atoms with E-state index in [-0.39, 0.29) is 19.1 Å². The topological polar surface area (TPSA) is 73.6 Å². The highest BCUT2D eigenvalue weighted by atomic mass is 16.5. The highest BCUT2D eigenvalue weighted by molar-refractivity contribution is 6.13. The Labute approximate surface area is 152 Å². The molecule has 0 aromatic heterocycles. The zero-order chi connectivity index (χ0) is 18.7. The molecule has 2 amide bonds. The maximum Gasteiger partial charge on any atom is 0.264 e. The summed E-state index contributed by atoms with van der Waals surface area (Å²) in [6, 6.07) is 16.2. The van der Waals surface area contributed by atoms with E-state index < -0.39 is 5.54 Å². The summed E-state index contributed by atoms with van der Waals surface area (Å²) >= 11 is 0. The number of benzene rings is 2. The molecule has 0 atom stereocenters. The molecular formula is C20H19N3O3. The predicted molar refractivity (Wildman–Crippen MR) is 97.8 cm³/mol. The number of aryl methyl sites for hydroxylation is 1. The zero-order valence-corrected chi connectivity index (χ0v) is 14.7. The molecule has 2 aromatic carbocycles. The molecule has 0 spiro atoms. The minimum Gasteiger partial charge on any atom is -0.375 e. The van der Waals surface area contributed by atoms with E-state index in [4.69, 9.17) is 10.00 Å². The molecule has 0 aliphatic carbocycles. The lowest BCUT2D eigenvalue weighted by atomic mass is 9.92. The number of nitriles is 1. The molecule has 0 N–H and O–H groups in total. The van der Waals surface area contributed by atoms with Crippen LogP contribution in [0.2, 0.25) is 0 Å². The maximum absolute atomic E-state index is 13.2. The van der Waals surface area contributed by atoms with Crippen LogP contribution in [0.5, 0.6) is 0 Å². The first-order valence-corrected chi connectivity index (χ1v) is 8.19. The Bertz CT molecular complexity index is 849. The summed E-state index contributed by atoms with van der Waals surface area (Å²) in [7, 11) is 1.79. The Hall–Kier alpha value is -3.17. The van der Waals surface area contributed by atoms with Crippen molar-refractivity contribution in [3.05, 3.63) is 59.7 Å². The number of nitrogens with zero attached hydrogens (tertiary/aromatic N) is 3. The molecule has 26 heavy (non-hydrogen) atoms. The third-order valence-electron chi connectivity index (χ3n) is 4.74. The van der Waals surface area contributed by atoms with Crippen molar-refractivity contribution < 1.29 is 14.3 Å². The van der Waals surface area contributed by atoms with Gasteiger partial charge in [0.2, 0.25) is 6.41 Å². The van der Waals surface area contributed by atoms with Crippen LogP contribution < -0.4 is 9.80 Å². The summed E-state index contributed by atoms with van der Waals surface area (Å²) in [6.45, 7) is 2.33. The summed E-state index contributed by atoms with van der Waals surface area (Å²) < 4.78 is 5.34. The minimum absolute atomic E-state index is 0.193. The smallest absolute Gasteiger partial charge is 0.264 e. The molecule has 1 saturated heterocycles. The molecule has 6 nitrogen and oxygen atoms in total. The number of hydrogen-bond donors (Lipinski definition) is 0. The van der Waals surface area contributed by atoms with Crippen LogP contribution in [0, 0.1) is 18.3 Å². The third kappa shape index (κ3) is 2.93. The lowest BCUT2D eigenvalue weighted by Gasteiger charge is -2.48. The first kappa shape index (κ1) is 17.6. The predicted octanol–water partition coefficient (Wildman–Crippen LogP) is 2.26. The molecular weight excluding hydrogens is 330 g/mol. The lowest BCUT2D eigenvalue weighted by molar-refractivity contribution is -0.141. The van der Waals surface area contributed by atoms with Crippen molar-refractivity contribution in [1.82, 2.24) is 0 Å². The summed E-state index contributed by atoms with van der Waals surface area (Å²) in [6.07, 6.45) is 0.541. The third-order valence-corrected chi connectivity index (χ3v) is 4.74. The second kappa shape index (κ2) is 6.98. The molecule has 1 heterocycles. The number of carbonyl (C=O) groups excluding carboxylic acids is 2. The van der Waals surface area contributed by atoms with Crippen molar-refractivity contribution in [2.45, 2.75) is 12.5 Å². The number of carbonyl (C=O) groups is 2. The van der Waals surface area contributed by atoms with Gasteiger partial charge in [-0.15, -0.1) is 0 Å². The van der Waals surface area contributed by atoms with Gasteiger partial charge in [-0.3, -0.25) is 14.5 Å². The average Bonchev–Trinajstić information content (AvgIpc) is 2.63. The van der Waals surface area contributed by atoms with Gasteiger partial charge in [-0.1, -0.05) is 17.7 Å². The summed E-state index contributed by atoms with van der Waals surface area (Å²) in [5, 5.41) is 8.94. The van der Waals surface area contributed by atoms with Gasteiger partial charge in [-0.2, -0.15) is 5.26 Å². The summed E-state index contributed by atoms with van der Waals surface area (Å²) in [4.78, 5) is 27.8. The Morgan fingerprint density at radius 2 is 1.69 bits per heavy atom. The van der Waals surface area contributed by atoms with Crippen molar-refractivity contribution in [3.8, 4) is 6.07 Å². The van der Waals surface area contributed by atoms with Gasteiger partial charge >= 0.3 is 0 Å². The number of amides is 2. The number of anilines is 2. The molecule has 0 radical (unpaired) electrons. The van der Waals surface area contributed by atoms with Crippen LogP contribution in [0.1, 0.15) is 11.1 Å². The summed E-state index contributed by atoms with van der Waals surface area (Å²) in [5.41, 5.74) is 1.93. The van der Waals surface area contributed by atoms with Crippen LogP contribution >= 0.6 is 0 Å². The minimum atomic E-state index is -0.958. The van der Waals surface area contributed by atoms with Crippen LogP contribution in [-0.4, -0.2) is 38.1 Å². The molecule has 0 saturated carbocycles. The van der Waals surface area contributed by atoms with Gasteiger partial charge in [0.05, 0.1) is 30.5 Å². The van der Waals surface area contributed by atoms with Crippen molar-refractivity contribution in [2.24, 2.45) is 0 Å². The zero-order valence-electron chi connectivity index (χ0n) is 14.7. The van der Waals surface area contributed by atoms with Gasteiger partial charge in [0, 0.05) is 12.7 Å². The molecule has 6 heteroatoms. The van der Waals surface area contributed by atoms with Gasteiger partial charge in [-0.05, 0) is 43.3 Å². The monoisotopic (exact) mass is 349 g/mol. The van der Waals surface area contributed by atoms with Crippen LogP contribution in [0.25, 0.3) is 0 Å². The molecule has 1 fully saturated rings. The highest BCUT2D eigenvalue weighted by Gasteiger charge is 2.52. The molecule has 0 bridgehead atoms. The SMILES string of the molecule is Cc1ccc(N(C=O)C(=O)C2(N(C)c3ccc(C#N)cc3)COC2)cc1. The standard InChI is InChI=1S/C20H19N3O3/c1-15-3-7-18(8-4-15)23(14-24)19(25)20(12-26-13-20)22(2)17-9-5-16(11-21)6-10-17/h3-10,14H,12-13H2,1-2H3. The normalized spacial score (nSPS) is 14.7. The van der Waals surface area contributed by atoms with Gasteiger partial charge < -0.3 is 9.64 Å².